The summed E-state index contributed by atoms with van der Waals surface area (Å²) >= 11 is 5.79. The van der Waals surface area contributed by atoms with Gasteiger partial charge in [-0.2, -0.15) is 0 Å². The van der Waals surface area contributed by atoms with Gasteiger partial charge in [-0.1, -0.05) is 11.6 Å². The molecule has 1 rings (SSSR count). The molecule has 13 heavy (non-hydrogen) atoms. The maximum absolute atomic E-state index is 9.38. The molecule has 0 aromatic carbocycles. The number of aliphatic hydroxyl groups excluding tert-OH is 1. The van der Waals surface area contributed by atoms with E-state index in [9.17, 15) is 5.11 Å². The number of ether oxygens (including phenoxy) is 1. The minimum absolute atomic E-state index is 0.324. The Hall–Kier alpha value is -0.800. The molecule has 3 nitrogen and oxygen atoms in total. The van der Waals surface area contributed by atoms with Crippen molar-refractivity contribution in [2.24, 2.45) is 0 Å². The number of hydrogen-bond donors (Lipinski definition) is 1. The SMILES string of the molecule is COc1c(Cl)ncc([C@@H](C)O)c1C. The average Bonchev–Trinajstić information content (AvgIpc) is 2.04. The molecule has 1 aromatic heterocycles. The van der Waals surface area contributed by atoms with Gasteiger partial charge in [0.15, 0.2) is 10.9 Å². The van der Waals surface area contributed by atoms with E-state index < -0.39 is 6.10 Å². The highest BCUT2D eigenvalue weighted by Crippen LogP contribution is 2.30. The van der Waals surface area contributed by atoms with E-state index in [4.69, 9.17) is 16.3 Å². The molecule has 1 N–H and O–H groups in total. The fraction of sp³-hybridized carbons (Fsp3) is 0.444. The van der Waals surface area contributed by atoms with Crippen molar-refractivity contribution in [1.29, 1.82) is 0 Å². The molecule has 0 spiro atoms. The summed E-state index contributed by atoms with van der Waals surface area (Å²) in [4.78, 5) is 3.91. The summed E-state index contributed by atoms with van der Waals surface area (Å²) in [6.45, 7) is 3.52. The number of rotatable bonds is 2. The first kappa shape index (κ1) is 10.3. The van der Waals surface area contributed by atoms with E-state index in [0.29, 0.717) is 10.9 Å². The van der Waals surface area contributed by atoms with Crippen LogP contribution in [0.4, 0.5) is 0 Å². The Bertz CT molecular complexity index is 313. The number of nitrogens with zero attached hydrogens (tertiary/aromatic N) is 1. The number of aliphatic hydroxyl groups is 1. The van der Waals surface area contributed by atoms with E-state index >= 15 is 0 Å². The summed E-state index contributed by atoms with van der Waals surface area (Å²) in [6, 6.07) is 0. The molecule has 0 saturated heterocycles. The standard InChI is InChI=1S/C9H12ClNO2/c1-5-7(6(2)12)4-11-9(10)8(5)13-3/h4,6,12H,1-3H3/t6-/m1/s1. The lowest BCUT2D eigenvalue weighted by atomic mass is 10.1. The van der Waals surface area contributed by atoms with Crippen LogP contribution in [0.25, 0.3) is 0 Å². The fourth-order valence-electron chi connectivity index (χ4n) is 1.23. The Labute approximate surface area is 82.3 Å². The van der Waals surface area contributed by atoms with E-state index in [0.717, 1.165) is 11.1 Å². The molecule has 0 amide bonds. The second-order valence-corrected chi connectivity index (χ2v) is 3.20. The van der Waals surface area contributed by atoms with Gasteiger partial charge in [0.1, 0.15) is 0 Å². The van der Waals surface area contributed by atoms with Crippen LogP contribution in [0, 0.1) is 6.92 Å². The molecule has 0 aliphatic heterocycles. The van der Waals surface area contributed by atoms with Gasteiger partial charge < -0.3 is 9.84 Å². The van der Waals surface area contributed by atoms with Crippen molar-refractivity contribution >= 4 is 11.6 Å². The van der Waals surface area contributed by atoms with Crippen LogP contribution in [-0.4, -0.2) is 17.2 Å². The van der Waals surface area contributed by atoms with Gasteiger partial charge in [0.25, 0.3) is 0 Å². The third-order valence-corrected chi connectivity index (χ3v) is 2.20. The molecule has 0 aliphatic rings. The Morgan fingerprint density at radius 3 is 2.69 bits per heavy atom. The summed E-state index contributed by atoms with van der Waals surface area (Å²) in [5.74, 6) is 0.528. The minimum Gasteiger partial charge on any atom is -0.493 e. The Kier molecular flexibility index (Phi) is 3.12. The van der Waals surface area contributed by atoms with Crippen molar-refractivity contribution in [3.8, 4) is 5.75 Å². The van der Waals surface area contributed by atoms with Gasteiger partial charge in [-0.15, -0.1) is 0 Å². The number of methoxy groups -OCH3 is 1. The Morgan fingerprint density at radius 1 is 1.62 bits per heavy atom. The van der Waals surface area contributed by atoms with Gasteiger partial charge >= 0.3 is 0 Å². The van der Waals surface area contributed by atoms with Gasteiger partial charge in [-0.25, -0.2) is 4.98 Å². The van der Waals surface area contributed by atoms with E-state index in [1.54, 1.807) is 13.1 Å². The third kappa shape index (κ3) is 1.92. The normalized spacial score (nSPS) is 12.7. The highest BCUT2D eigenvalue weighted by atomic mass is 35.5. The molecule has 1 aromatic rings. The van der Waals surface area contributed by atoms with Crippen molar-refractivity contribution < 1.29 is 9.84 Å². The predicted octanol–water partition coefficient (Wildman–Crippen LogP) is 2.11. The van der Waals surface area contributed by atoms with Crippen LogP contribution in [-0.2, 0) is 0 Å². The molecule has 0 unspecified atom stereocenters. The molecular weight excluding hydrogens is 190 g/mol. The molecule has 0 fully saturated rings. The second kappa shape index (κ2) is 3.94. The van der Waals surface area contributed by atoms with Crippen LogP contribution < -0.4 is 4.74 Å². The van der Waals surface area contributed by atoms with Gasteiger partial charge in [0.05, 0.1) is 13.2 Å². The third-order valence-electron chi connectivity index (χ3n) is 1.93. The lowest BCUT2D eigenvalue weighted by Crippen LogP contribution is -2.00. The number of pyridine rings is 1. The summed E-state index contributed by atoms with van der Waals surface area (Å²) in [5.41, 5.74) is 1.57. The Balaban J connectivity index is 3.27. The minimum atomic E-state index is -0.557. The van der Waals surface area contributed by atoms with Crippen LogP contribution in [0.5, 0.6) is 5.75 Å². The second-order valence-electron chi connectivity index (χ2n) is 2.84. The molecule has 0 aliphatic carbocycles. The first-order valence-electron chi connectivity index (χ1n) is 3.95. The van der Waals surface area contributed by atoms with Gasteiger partial charge in [-0.05, 0) is 13.8 Å². The summed E-state index contributed by atoms with van der Waals surface area (Å²) in [6.07, 6.45) is 1.00. The summed E-state index contributed by atoms with van der Waals surface area (Å²) in [5, 5.41) is 9.70. The van der Waals surface area contributed by atoms with Crippen LogP contribution in [0.3, 0.4) is 0 Å². The van der Waals surface area contributed by atoms with Gasteiger partial charge in [0.2, 0.25) is 0 Å². The largest absolute Gasteiger partial charge is 0.493 e. The topological polar surface area (TPSA) is 42.4 Å². The molecule has 4 heteroatoms. The molecular formula is C9H12ClNO2. The van der Waals surface area contributed by atoms with Crippen molar-refractivity contribution in [2.45, 2.75) is 20.0 Å². The van der Waals surface area contributed by atoms with E-state index in [1.165, 1.54) is 7.11 Å². The zero-order valence-corrected chi connectivity index (χ0v) is 8.59. The number of aromatic nitrogens is 1. The smallest absolute Gasteiger partial charge is 0.171 e. The van der Waals surface area contributed by atoms with Crippen LogP contribution in [0.15, 0.2) is 6.20 Å². The van der Waals surface area contributed by atoms with Crippen LogP contribution in [0.2, 0.25) is 5.15 Å². The molecule has 0 radical (unpaired) electrons. The predicted molar refractivity (Wildman–Crippen MR) is 51.2 cm³/mol. The van der Waals surface area contributed by atoms with Crippen LogP contribution >= 0.6 is 11.6 Å². The maximum atomic E-state index is 9.38. The molecule has 1 heterocycles. The van der Waals surface area contributed by atoms with E-state index in [2.05, 4.69) is 4.98 Å². The van der Waals surface area contributed by atoms with Crippen molar-refractivity contribution in [3.63, 3.8) is 0 Å². The Morgan fingerprint density at radius 2 is 2.23 bits per heavy atom. The molecule has 0 bridgehead atoms. The summed E-state index contributed by atoms with van der Waals surface area (Å²) in [7, 11) is 1.53. The van der Waals surface area contributed by atoms with Crippen LogP contribution in [0.1, 0.15) is 24.2 Å². The monoisotopic (exact) mass is 201 g/mol. The quantitative estimate of drug-likeness (QED) is 0.746. The van der Waals surface area contributed by atoms with E-state index in [-0.39, 0.29) is 0 Å². The molecule has 0 saturated carbocycles. The lowest BCUT2D eigenvalue weighted by Gasteiger charge is -2.12. The van der Waals surface area contributed by atoms with Gasteiger partial charge in [0, 0.05) is 17.3 Å². The first-order valence-corrected chi connectivity index (χ1v) is 4.32. The van der Waals surface area contributed by atoms with Gasteiger partial charge in [-0.3, -0.25) is 0 Å². The maximum Gasteiger partial charge on any atom is 0.171 e. The van der Waals surface area contributed by atoms with Crippen molar-refractivity contribution in [3.05, 3.63) is 22.5 Å². The van der Waals surface area contributed by atoms with Crippen molar-refractivity contribution in [2.75, 3.05) is 7.11 Å². The summed E-state index contributed by atoms with van der Waals surface area (Å²) < 4.78 is 5.06. The zero-order valence-electron chi connectivity index (χ0n) is 7.84. The van der Waals surface area contributed by atoms with Crippen molar-refractivity contribution in [1.82, 2.24) is 4.98 Å². The fourth-order valence-corrected chi connectivity index (χ4v) is 1.49. The molecule has 1 atom stereocenters. The first-order chi connectivity index (χ1) is 6.07. The number of halogens is 1. The average molecular weight is 202 g/mol. The lowest BCUT2D eigenvalue weighted by molar-refractivity contribution is 0.197. The van der Waals surface area contributed by atoms with E-state index in [1.807, 2.05) is 6.92 Å². The number of hydrogen-bond acceptors (Lipinski definition) is 3. The highest BCUT2D eigenvalue weighted by Gasteiger charge is 2.13. The molecule has 72 valence electrons. The zero-order chi connectivity index (χ0) is 10.0. The highest BCUT2D eigenvalue weighted by molar-refractivity contribution is 6.30.